The third kappa shape index (κ3) is 3.22. The summed E-state index contributed by atoms with van der Waals surface area (Å²) in [5, 5.41) is 0. The Morgan fingerprint density at radius 3 is 3.06 bits per heavy atom. The van der Waals surface area contributed by atoms with Crippen molar-refractivity contribution in [3.63, 3.8) is 0 Å². The third-order valence-electron chi connectivity index (χ3n) is 3.40. The number of methoxy groups -OCH3 is 1. The number of ether oxygens (including phenoxy) is 2. The Balaban J connectivity index is 2.15. The summed E-state index contributed by atoms with van der Waals surface area (Å²) in [6.45, 7) is 4.25. The Hall–Kier alpha value is -1.10. The first kappa shape index (κ1) is 13.3. The molecule has 100 valence electrons. The minimum atomic E-state index is 0.252. The number of benzene rings is 1. The maximum absolute atomic E-state index is 5.95. The highest BCUT2D eigenvalue weighted by Crippen LogP contribution is 2.24. The average Bonchev–Trinajstić information content (AvgIpc) is 2.69. The Morgan fingerprint density at radius 2 is 2.28 bits per heavy atom. The maximum Gasteiger partial charge on any atom is 0.119 e. The first-order valence-electron chi connectivity index (χ1n) is 6.51. The average molecular weight is 250 g/mol. The fraction of sp³-hybridized carbons (Fsp3) is 0.571. The van der Waals surface area contributed by atoms with Gasteiger partial charge < -0.3 is 15.2 Å². The fourth-order valence-electron chi connectivity index (χ4n) is 2.42. The number of nitrogens with zero attached hydrogens (tertiary/aromatic N) is 1. The van der Waals surface area contributed by atoms with Crippen molar-refractivity contribution >= 4 is 0 Å². The molecule has 4 nitrogen and oxygen atoms in total. The Kier molecular flexibility index (Phi) is 4.99. The standard InChI is InChI=1S/C14H22N2O2/c1-17-13-5-2-4-12(10-13)14(11-15)16-6-3-8-18-9-7-16/h2,4-5,10,14H,3,6-9,11,15H2,1H3. The SMILES string of the molecule is COc1cccc(C(CN)N2CCCOCC2)c1. The molecule has 18 heavy (non-hydrogen) atoms. The van der Waals surface area contributed by atoms with E-state index in [0.29, 0.717) is 6.54 Å². The summed E-state index contributed by atoms with van der Waals surface area (Å²) in [5.41, 5.74) is 7.18. The van der Waals surface area contributed by atoms with Crippen molar-refractivity contribution in [3.05, 3.63) is 29.8 Å². The summed E-state index contributed by atoms with van der Waals surface area (Å²) in [4.78, 5) is 2.40. The van der Waals surface area contributed by atoms with E-state index in [1.807, 2.05) is 12.1 Å². The molecule has 1 heterocycles. The first-order chi connectivity index (χ1) is 8.85. The monoisotopic (exact) mass is 250 g/mol. The lowest BCUT2D eigenvalue weighted by molar-refractivity contribution is 0.132. The molecule has 0 aliphatic carbocycles. The van der Waals surface area contributed by atoms with Crippen molar-refractivity contribution in [2.75, 3.05) is 40.0 Å². The number of rotatable bonds is 4. The van der Waals surface area contributed by atoms with E-state index in [4.69, 9.17) is 15.2 Å². The molecule has 2 rings (SSSR count). The third-order valence-corrected chi connectivity index (χ3v) is 3.40. The summed E-state index contributed by atoms with van der Waals surface area (Å²) < 4.78 is 10.8. The van der Waals surface area contributed by atoms with Crippen LogP contribution in [0.4, 0.5) is 0 Å². The minimum Gasteiger partial charge on any atom is -0.497 e. The van der Waals surface area contributed by atoms with Gasteiger partial charge in [-0.1, -0.05) is 12.1 Å². The molecule has 1 aromatic carbocycles. The number of hydrogen-bond donors (Lipinski definition) is 1. The number of nitrogens with two attached hydrogens (primary N) is 1. The molecule has 1 aliphatic heterocycles. The molecule has 1 fully saturated rings. The zero-order chi connectivity index (χ0) is 12.8. The molecule has 2 N–H and O–H groups in total. The predicted octanol–water partition coefficient (Wildman–Crippen LogP) is 1.42. The molecular formula is C14H22N2O2. The van der Waals surface area contributed by atoms with Gasteiger partial charge in [-0.05, 0) is 24.1 Å². The van der Waals surface area contributed by atoms with Gasteiger partial charge in [-0.3, -0.25) is 4.90 Å². The van der Waals surface area contributed by atoms with Crippen LogP contribution < -0.4 is 10.5 Å². The smallest absolute Gasteiger partial charge is 0.119 e. The Morgan fingerprint density at radius 1 is 1.39 bits per heavy atom. The molecule has 0 amide bonds. The van der Waals surface area contributed by atoms with Gasteiger partial charge in [0.15, 0.2) is 0 Å². The lowest BCUT2D eigenvalue weighted by Crippen LogP contribution is -2.35. The summed E-state index contributed by atoms with van der Waals surface area (Å²) in [5.74, 6) is 0.886. The summed E-state index contributed by atoms with van der Waals surface area (Å²) in [7, 11) is 1.69. The van der Waals surface area contributed by atoms with Crippen molar-refractivity contribution in [1.29, 1.82) is 0 Å². The molecule has 4 heteroatoms. The van der Waals surface area contributed by atoms with E-state index >= 15 is 0 Å². The predicted molar refractivity (Wildman–Crippen MR) is 71.8 cm³/mol. The van der Waals surface area contributed by atoms with Gasteiger partial charge in [-0.25, -0.2) is 0 Å². The van der Waals surface area contributed by atoms with Crippen LogP contribution in [0.15, 0.2) is 24.3 Å². The lowest BCUT2D eigenvalue weighted by Gasteiger charge is -2.29. The molecule has 1 saturated heterocycles. The van der Waals surface area contributed by atoms with Gasteiger partial charge in [0.25, 0.3) is 0 Å². The highest BCUT2D eigenvalue weighted by Gasteiger charge is 2.20. The second kappa shape index (κ2) is 6.73. The molecule has 1 aliphatic rings. The van der Waals surface area contributed by atoms with Crippen molar-refractivity contribution in [2.45, 2.75) is 12.5 Å². The van der Waals surface area contributed by atoms with Gasteiger partial charge in [0.2, 0.25) is 0 Å². The molecule has 0 aromatic heterocycles. The van der Waals surface area contributed by atoms with Crippen LogP contribution in [0.1, 0.15) is 18.0 Å². The van der Waals surface area contributed by atoms with E-state index in [1.54, 1.807) is 7.11 Å². The lowest BCUT2D eigenvalue weighted by atomic mass is 10.0. The maximum atomic E-state index is 5.95. The molecule has 1 unspecified atom stereocenters. The highest BCUT2D eigenvalue weighted by molar-refractivity contribution is 5.30. The summed E-state index contributed by atoms with van der Waals surface area (Å²) >= 11 is 0. The minimum absolute atomic E-state index is 0.252. The largest absolute Gasteiger partial charge is 0.497 e. The molecule has 1 aromatic rings. The normalized spacial score (nSPS) is 19.2. The molecule has 0 saturated carbocycles. The molecule has 1 atom stereocenters. The van der Waals surface area contributed by atoms with E-state index in [9.17, 15) is 0 Å². The molecule has 0 bridgehead atoms. The van der Waals surface area contributed by atoms with Crippen molar-refractivity contribution in [2.24, 2.45) is 5.73 Å². The zero-order valence-corrected chi connectivity index (χ0v) is 11.0. The highest BCUT2D eigenvalue weighted by atomic mass is 16.5. The zero-order valence-electron chi connectivity index (χ0n) is 11.0. The van der Waals surface area contributed by atoms with Crippen LogP contribution in [0, 0.1) is 0 Å². The van der Waals surface area contributed by atoms with Crippen molar-refractivity contribution < 1.29 is 9.47 Å². The summed E-state index contributed by atoms with van der Waals surface area (Å²) in [6, 6.07) is 8.42. The molecule has 0 spiro atoms. The first-order valence-corrected chi connectivity index (χ1v) is 6.51. The van der Waals surface area contributed by atoms with Crippen molar-refractivity contribution in [1.82, 2.24) is 4.90 Å². The fourth-order valence-corrected chi connectivity index (χ4v) is 2.42. The second-order valence-corrected chi connectivity index (χ2v) is 4.53. The molecule has 0 radical (unpaired) electrons. The van der Waals surface area contributed by atoms with E-state index in [2.05, 4.69) is 17.0 Å². The van der Waals surface area contributed by atoms with Crippen LogP contribution in [-0.2, 0) is 4.74 Å². The number of hydrogen-bond acceptors (Lipinski definition) is 4. The summed E-state index contributed by atoms with van der Waals surface area (Å²) in [6.07, 6.45) is 1.07. The van der Waals surface area contributed by atoms with E-state index in [-0.39, 0.29) is 6.04 Å². The van der Waals surface area contributed by atoms with E-state index in [1.165, 1.54) is 5.56 Å². The Bertz CT molecular complexity index is 363. The van der Waals surface area contributed by atoms with E-state index < -0.39 is 0 Å². The van der Waals surface area contributed by atoms with Gasteiger partial charge in [0, 0.05) is 32.3 Å². The van der Waals surface area contributed by atoms with Gasteiger partial charge >= 0.3 is 0 Å². The van der Waals surface area contributed by atoms with Crippen LogP contribution in [0.25, 0.3) is 0 Å². The van der Waals surface area contributed by atoms with Gasteiger partial charge in [0.05, 0.1) is 13.7 Å². The van der Waals surface area contributed by atoms with Crippen LogP contribution in [-0.4, -0.2) is 44.9 Å². The Labute approximate surface area is 109 Å². The van der Waals surface area contributed by atoms with Crippen LogP contribution in [0.5, 0.6) is 5.75 Å². The van der Waals surface area contributed by atoms with Crippen LogP contribution in [0.2, 0.25) is 0 Å². The second-order valence-electron chi connectivity index (χ2n) is 4.53. The molecular weight excluding hydrogens is 228 g/mol. The topological polar surface area (TPSA) is 47.7 Å². The van der Waals surface area contributed by atoms with Crippen LogP contribution >= 0.6 is 0 Å². The quantitative estimate of drug-likeness (QED) is 0.878. The van der Waals surface area contributed by atoms with Crippen molar-refractivity contribution in [3.8, 4) is 5.75 Å². The van der Waals surface area contributed by atoms with E-state index in [0.717, 1.165) is 38.5 Å². The van der Waals surface area contributed by atoms with Crippen LogP contribution in [0.3, 0.4) is 0 Å². The van der Waals surface area contributed by atoms with Gasteiger partial charge in [-0.2, -0.15) is 0 Å². The van der Waals surface area contributed by atoms with Gasteiger partial charge in [-0.15, -0.1) is 0 Å². The van der Waals surface area contributed by atoms with Gasteiger partial charge in [0.1, 0.15) is 5.75 Å².